The van der Waals surface area contributed by atoms with Crippen molar-refractivity contribution in [2.45, 2.75) is 5.25 Å². The van der Waals surface area contributed by atoms with E-state index in [2.05, 4.69) is 9.98 Å². The van der Waals surface area contributed by atoms with Gasteiger partial charge in [-0.2, -0.15) is 0 Å². The highest BCUT2D eigenvalue weighted by atomic mass is 35.5. The summed E-state index contributed by atoms with van der Waals surface area (Å²) in [5, 5.41) is 0.156. The average Bonchev–Trinajstić information content (AvgIpc) is 2.49. The minimum atomic E-state index is 0.156. The molecule has 0 aliphatic carbocycles. The molecule has 2 nitrogen and oxygen atoms in total. The van der Waals surface area contributed by atoms with Crippen LogP contribution in [0.25, 0.3) is 5.70 Å². The number of pyridine rings is 1. The quantitative estimate of drug-likeness (QED) is 0.812. The van der Waals surface area contributed by atoms with Crippen molar-refractivity contribution in [2.24, 2.45) is 4.99 Å². The third-order valence-electron chi connectivity index (χ3n) is 2.84. The topological polar surface area (TPSA) is 25.2 Å². The lowest BCUT2D eigenvalue weighted by atomic mass is 10.1. The van der Waals surface area contributed by atoms with Crippen LogP contribution >= 0.6 is 23.4 Å². The van der Waals surface area contributed by atoms with E-state index in [9.17, 15) is 0 Å². The highest BCUT2D eigenvalue weighted by Crippen LogP contribution is 2.43. The molecule has 0 N–H and O–H groups in total. The summed E-state index contributed by atoms with van der Waals surface area (Å²) in [5.41, 5.74) is 3.05. The highest BCUT2D eigenvalue weighted by Gasteiger charge is 2.19. The van der Waals surface area contributed by atoms with Gasteiger partial charge in [-0.15, -0.1) is 0 Å². The summed E-state index contributed by atoms with van der Waals surface area (Å²) in [6, 6.07) is 14.0. The Kier molecular flexibility index (Phi) is 3.67. The maximum Gasteiger partial charge on any atom is 0.101 e. The first-order chi connectivity index (χ1) is 9.34. The van der Waals surface area contributed by atoms with Crippen molar-refractivity contribution in [3.63, 3.8) is 0 Å². The van der Waals surface area contributed by atoms with Gasteiger partial charge < -0.3 is 0 Å². The van der Waals surface area contributed by atoms with E-state index >= 15 is 0 Å². The second-order valence-corrected chi connectivity index (χ2v) is 5.84. The smallest absolute Gasteiger partial charge is 0.101 e. The average molecular weight is 287 g/mol. The molecule has 2 heterocycles. The Balaban J connectivity index is 1.88. The molecule has 94 valence electrons. The van der Waals surface area contributed by atoms with E-state index in [0.29, 0.717) is 0 Å². The molecule has 1 aromatic heterocycles. The Hall–Kier alpha value is -1.58. The summed E-state index contributed by atoms with van der Waals surface area (Å²) < 4.78 is 0.732. The minimum absolute atomic E-state index is 0.156. The van der Waals surface area contributed by atoms with E-state index in [1.807, 2.05) is 48.7 Å². The monoisotopic (exact) mass is 286 g/mol. The van der Waals surface area contributed by atoms with Gasteiger partial charge in [-0.3, -0.25) is 9.98 Å². The van der Waals surface area contributed by atoms with E-state index < -0.39 is 0 Å². The molecule has 0 fully saturated rings. The van der Waals surface area contributed by atoms with Gasteiger partial charge in [-0.05, 0) is 17.7 Å². The first-order valence-electron chi connectivity index (χ1n) is 5.90. The summed E-state index contributed by atoms with van der Waals surface area (Å²) >= 11 is 7.99. The van der Waals surface area contributed by atoms with Crippen LogP contribution in [0.15, 0.2) is 64.2 Å². The Bertz CT molecular complexity index is 623. The van der Waals surface area contributed by atoms with Gasteiger partial charge in [0.05, 0.1) is 10.9 Å². The van der Waals surface area contributed by atoms with Gasteiger partial charge >= 0.3 is 0 Å². The first kappa shape index (κ1) is 12.5. The predicted molar refractivity (Wildman–Crippen MR) is 82.3 cm³/mol. The van der Waals surface area contributed by atoms with Crippen molar-refractivity contribution in [2.75, 3.05) is 0 Å². The second-order valence-electron chi connectivity index (χ2n) is 4.09. The normalized spacial score (nSPS) is 18.7. The van der Waals surface area contributed by atoms with Gasteiger partial charge in [-0.25, -0.2) is 0 Å². The predicted octanol–water partition coefficient (Wildman–Crippen LogP) is 4.51. The fraction of sp³-hybridized carbons (Fsp3) is 0.0667. The second kappa shape index (κ2) is 5.59. The molecule has 0 saturated heterocycles. The van der Waals surface area contributed by atoms with Crippen LogP contribution in [0.5, 0.6) is 0 Å². The number of nitrogens with zero attached hydrogens (tertiary/aromatic N) is 2. The zero-order chi connectivity index (χ0) is 13.1. The van der Waals surface area contributed by atoms with Crippen LogP contribution in [-0.2, 0) is 0 Å². The Morgan fingerprint density at radius 3 is 2.42 bits per heavy atom. The molecule has 19 heavy (non-hydrogen) atoms. The van der Waals surface area contributed by atoms with Crippen LogP contribution in [0.2, 0.25) is 0 Å². The zero-order valence-electron chi connectivity index (χ0n) is 10.0. The number of halogens is 1. The Morgan fingerprint density at radius 1 is 1.00 bits per heavy atom. The molecule has 1 aliphatic heterocycles. The van der Waals surface area contributed by atoms with E-state index in [1.54, 1.807) is 24.2 Å². The van der Waals surface area contributed by atoms with E-state index in [4.69, 9.17) is 11.6 Å². The molecule has 1 aromatic carbocycles. The van der Waals surface area contributed by atoms with Crippen molar-refractivity contribution in [1.82, 2.24) is 4.98 Å². The lowest BCUT2D eigenvalue weighted by Gasteiger charge is -2.18. The number of aromatic nitrogens is 1. The molecule has 1 unspecified atom stereocenters. The third-order valence-corrected chi connectivity index (χ3v) is 4.33. The fourth-order valence-electron chi connectivity index (χ4n) is 1.88. The van der Waals surface area contributed by atoms with Gasteiger partial charge in [0.2, 0.25) is 0 Å². The van der Waals surface area contributed by atoms with Crippen LogP contribution in [-0.4, -0.2) is 11.2 Å². The molecule has 1 aliphatic rings. The summed E-state index contributed by atoms with van der Waals surface area (Å²) in [5.74, 6) is 0. The van der Waals surface area contributed by atoms with Crippen molar-refractivity contribution in [1.29, 1.82) is 0 Å². The summed E-state index contributed by atoms with van der Waals surface area (Å²) in [7, 11) is 0. The van der Waals surface area contributed by atoms with Crippen LogP contribution in [0.4, 0.5) is 0 Å². The molecular weight excluding hydrogens is 276 g/mol. The summed E-state index contributed by atoms with van der Waals surface area (Å²) in [4.78, 5) is 8.54. The molecule has 0 spiro atoms. The SMILES string of the molecule is ClC1=C(c2ccccc2)N=CC(c2ccncc2)S1. The van der Waals surface area contributed by atoms with Crippen LogP contribution in [0.3, 0.4) is 0 Å². The number of thioether (sulfide) groups is 1. The maximum absolute atomic E-state index is 6.38. The molecular formula is C15H11ClN2S. The minimum Gasteiger partial charge on any atom is -0.265 e. The summed E-state index contributed by atoms with van der Waals surface area (Å²) in [6.07, 6.45) is 5.51. The molecule has 0 amide bonds. The molecule has 0 radical (unpaired) electrons. The van der Waals surface area contributed by atoms with Crippen LogP contribution in [0.1, 0.15) is 16.4 Å². The number of aliphatic imine (C=N–C) groups is 1. The standard InChI is InChI=1S/C15H11ClN2S/c16-15-14(12-4-2-1-3-5-12)18-10-13(19-15)11-6-8-17-9-7-11/h1-10,13H. The zero-order valence-corrected chi connectivity index (χ0v) is 11.6. The van der Waals surface area contributed by atoms with Gasteiger partial charge in [0, 0.05) is 24.2 Å². The number of hydrogen-bond acceptors (Lipinski definition) is 3. The number of hydrogen-bond donors (Lipinski definition) is 0. The molecule has 4 heteroatoms. The van der Waals surface area contributed by atoms with E-state index in [1.165, 1.54) is 0 Å². The molecule has 3 rings (SSSR count). The lowest BCUT2D eigenvalue weighted by molar-refractivity contribution is 1.23. The van der Waals surface area contributed by atoms with Crippen molar-refractivity contribution >= 4 is 35.3 Å². The van der Waals surface area contributed by atoms with Gasteiger partial charge in [0.15, 0.2) is 0 Å². The Labute approximate surface area is 121 Å². The van der Waals surface area contributed by atoms with Crippen molar-refractivity contribution in [3.05, 3.63) is 70.3 Å². The highest BCUT2D eigenvalue weighted by molar-refractivity contribution is 8.05. The van der Waals surface area contributed by atoms with E-state index in [-0.39, 0.29) is 5.25 Å². The molecule has 1 atom stereocenters. The van der Waals surface area contributed by atoms with Crippen LogP contribution < -0.4 is 0 Å². The molecule has 2 aromatic rings. The van der Waals surface area contributed by atoms with Gasteiger partial charge in [-0.1, -0.05) is 53.7 Å². The third kappa shape index (κ3) is 2.72. The number of rotatable bonds is 2. The number of benzene rings is 1. The maximum atomic E-state index is 6.38. The van der Waals surface area contributed by atoms with E-state index in [0.717, 1.165) is 21.2 Å². The molecule has 0 saturated carbocycles. The van der Waals surface area contributed by atoms with Crippen molar-refractivity contribution in [3.8, 4) is 0 Å². The fourth-order valence-corrected chi connectivity index (χ4v) is 3.25. The Morgan fingerprint density at radius 2 is 1.74 bits per heavy atom. The summed E-state index contributed by atoms with van der Waals surface area (Å²) in [6.45, 7) is 0. The largest absolute Gasteiger partial charge is 0.265 e. The van der Waals surface area contributed by atoms with Gasteiger partial charge in [0.25, 0.3) is 0 Å². The molecule has 0 bridgehead atoms. The lowest BCUT2D eigenvalue weighted by Crippen LogP contribution is -2.01. The van der Waals surface area contributed by atoms with Gasteiger partial charge in [0.1, 0.15) is 4.36 Å². The van der Waals surface area contributed by atoms with Crippen LogP contribution in [0, 0.1) is 0 Å². The first-order valence-corrected chi connectivity index (χ1v) is 7.16. The van der Waals surface area contributed by atoms with Crippen molar-refractivity contribution < 1.29 is 0 Å².